The molecule has 0 atom stereocenters. The molecule has 98 valence electrons. The molecular formula is C15H13ClO2S. The molecular weight excluding hydrogens is 280 g/mol. The van der Waals surface area contributed by atoms with E-state index in [0.29, 0.717) is 5.39 Å². The molecule has 19 heavy (non-hydrogen) atoms. The third-order valence-electron chi connectivity index (χ3n) is 3.40. The zero-order chi connectivity index (χ0) is 12.9. The second-order valence-electron chi connectivity index (χ2n) is 4.45. The maximum atomic E-state index is 12.4. The standard InChI is InChI=1S/C15H12O2S.ClH/c1-8-9(2)15-11(7-12(8)16)14(17)10-5-3-4-6-13(10)18-15;/h3-7,16H,1-2H3;1H. The number of benzene rings is 2. The van der Waals surface area contributed by atoms with Crippen molar-refractivity contribution in [2.45, 2.75) is 13.8 Å². The van der Waals surface area contributed by atoms with Crippen molar-refractivity contribution in [1.29, 1.82) is 0 Å². The van der Waals surface area contributed by atoms with Gasteiger partial charge in [-0.1, -0.05) is 12.1 Å². The first-order valence-corrected chi connectivity index (χ1v) is 6.56. The highest BCUT2D eigenvalue weighted by atomic mass is 35.5. The Kier molecular flexibility index (Phi) is 3.52. The zero-order valence-corrected chi connectivity index (χ0v) is 12.2. The molecule has 0 bridgehead atoms. The Hall–Kier alpha value is -1.58. The van der Waals surface area contributed by atoms with Crippen LogP contribution in [-0.4, -0.2) is 5.11 Å². The van der Waals surface area contributed by atoms with Crippen molar-refractivity contribution in [2.24, 2.45) is 0 Å². The fraction of sp³-hybridized carbons (Fsp3) is 0.133. The van der Waals surface area contributed by atoms with Crippen molar-refractivity contribution >= 4 is 43.9 Å². The molecule has 0 aliphatic rings. The van der Waals surface area contributed by atoms with E-state index in [1.807, 2.05) is 38.1 Å². The summed E-state index contributed by atoms with van der Waals surface area (Å²) >= 11 is 1.60. The number of aryl methyl sites for hydroxylation is 1. The summed E-state index contributed by atoms with van der Waals surface area (Å²) < 4.78 is 1.96. The molecule has 0 radical (unpaired) electrons. The monoisotopic (exact) mass is 292 g/mol. The number of phenols is 1. The quantitative estimate of drug-likeness (QED) is 0.632. The van der Waals surface area contributed by atoms with E-state index in [1.165, 1.54) is 0 Å². The van der Waals surface area contributed by atoms with Crippen LogP contribution < -0.4 is 5.43 Å². The van der Waals surface area contributed by atoms with E-state index in [1.54, 1.807) is 17.4 Å². The molecule has 0 saturated heterocycles. The summed E-state index contributed by atoms with van der Waals surface area (Å²) in [5.41, 5.74) is 1.82. The maximum Gasteiger partial charge on any atom is 0.196 e. The van der Waals surface area contributed by atoms with Gasteiger partial charge < -0.3 is 5.11 Å². The number of rotatable bonds is 0. The molecule has 2 nitrogen and oxygen atoms in total. The van der Waals surface area contributed by atoms with Gasteiger partial charge in [-0.25, -0.2) is 0 Å². The second-order valence-corrected chi connectivity index (χ2v) is 5.50. The van der Waals surface area contributed by atoms with E-state index >= 15 is 0 Å². The average molecular weight is 293 g/mol. The Bertz CT molecular complexity index is 837. The molecule has 0 aliphatic heterocycles. The van der Waals surface area contributed by atoms with Crippen LogP contribution in [0.3, 0.4) is 0 Å². The van der Waals surface area contributed by atoms with E-state index < -0.39 is 0 Å². The van der Waals surface area contributed by atoms with Gasteiger partial charge in [0.15, 0.2) is 5.43 Å². The first kappa shape index (κ1) is 13.8. The van der Waals surface area contributed by atoms with Crippen LogP contribution in [0.5, 0.6) is 5.75 Å². The number of hydrogen-bond donors (Lipinski definition) is 1. The van der Waals surface area contributed by atoms with Crippen LogP contribution in [0.25, 0.3) is 20.2 Å². The second kappa shape index (κ2) is 4.83. The number of halogens is 1. The lowest BCUT2D eigenvalue weighted by molar-refractivity contribution is 0.471. The van der Waals surface area contributed by atoms with Gasteiger partial charge in [0, 0.05) is 20.2 Å². The third-order valence-corrected chi connectivity index (χ3v) is 4.71. The summed E-state index contributed by atoms with van der Waals surface area (Å²) in [4.78, 5) is 12.4. The molecule has 0 spiro atoms. The lowest BCUT2D eigenvalue weighted by Crippen LogP contribution is -2.02. The van der Waals surface area contributed by atoms with Crippen molar-refractivity contribution in [3.05, 3.63) is 51.7 Å². The van der Waals surface area contributed by atoms with Crippen LogP contribution in [0.15, 0.2) is 35.1 Å². The van der Waals surface area contributed by atoms with Crippen LogP contribution in [0.2, 0.25) is 0 Å². The van der Waals surface area contributed by atoms with Gasteiger partial charge in [0.1, 0.15) is 5.75 Å². The zero-order valence-electron chi connectivity index (χ0n) is 10.6. The van der Waals surface area contributed by atoms with E-state index in [4.69, 9.17) is 0 Å². The van der Waals surface area contributed by atoms with Crippen LogP contribution >= 0.6 is 23.7 Å². The Morgan fingerprint density at radius 3 is 2.47 bits per heavy atom. The van der Waals surface area contributed by atoms with Crippen molar-refractivity contribution < 1.29 is 5.11 Å². The van der Waals surface area contributed by atoms with Gasteiger partial charge in [0.05, 0.1) is 0 Å². The van der Waals surface area contributed by atoms with Crippen LogP contribution in [-0.2, 0) is 0 Å². The minimum absolute atomic E-state index is 0. The van der Waals surface area contributed by atoms with E-state index in [2.05, 4.69) is 0 Å². The van der Waals surface area contributed by atoms with Gasteiger partial charge >= 0.3 is 0 Å². The van der Waals surface area contributed by atoms with Crippen LogP contribution in [0.1, 0.15) is 11.1 Å². The summed E-state index contributed by atoms with van der Waals surface area (Å²) in [6.45, 7) is 3.82. The Labute approximate surface area is 120 Å². The molecule has 4 heteroatoms. The fourth-order valence-corrected chi connectivity index (χ4v) is 3.38. The topological polar surface area (TPSA) is 37.3 Å². The molecule has 0 unspecified atom stereocenters. The summed E-state index contributed by atoms with van der Waals surface area (Å²) in [7, 11) is 0. The largest absolute Gasteiger partial charge is 0.508 e. The highest BCUT2D eigenvalue weighted by molar-refractivity contribution is 7.24. The maximum absolute atomic E-state index is 12.4. The predicted molar refractivity (Wildman–Crippen MR) is 84.0 cm³/mol. The smallest absolute Gasteiger partial charge is 0.196 e. The van der Waals surface area contributed by atoms with Crippen molar-refractivity contribution in [1.82, 2.24) is 0 Å². The molecule has 3 rings (SSSR count). The summed E-state index contributed by atoms with van der Waals surface area (Å²) in [6, 6.07) is 9.18. The van der Waals surface area contributed by atoms with Gasteiger partial charge in [0.2, 0.25) is 0 Å². The van der Waals surface area contributed by atoms with Crippen molar-refractivity contribution in [3.8, 4) is 5.75 Å². The minimum atomic E-state index is -0.00208. The summed E-state index contributed by atoms with van der Waals surface area (Å²) in [6.07, 6.45) is 0. The predicted octanol–water partition coefficient (Wildman–Crippen LogP) is 4.16. The lowest BCUT2D eigenvalue weighted by Gasteiger charge is -2.08. The molecule has 0 amide bonds. The molecule has 0 fully saturated rings. The van der Waals surface area contributed by atoms with E-state index in [0.717, 1.165) is 25.9 Å². The van der Waals surface area contributed by atoms with Crippen molar-refractivity contribution in [3.63, 3.8) is 0 Å². The molecule has 3 aromatic rings. The molecule has 2 aromatic carbocycles. The van der Waals surface area contributed by atoms with Crippen LogP contribution in [0.4, 0.5) is 0 Å². The number of aromatic hydroxyl groups is 1. The molecule has 1 heterocycles. The van der Waals surface area contributed by atoms with Gasteiger partial charge in [-0.05, 0) is 43.2 Å². The van der Waals surface area contributed by atoms with Gasteiger partial charge in [0.25, 0.3) is 0 Å². The Balaban J connectivity index is 0.00000133. The fourth-order valence-electron chi connectivity index (χ4n) is 2.17. The molecule has 1 N–H and O–H groups in total. The molecule has 0 saturated carbocycles. The summed E-state index contributed by atoms with van der Waals surface area (Å²) in [5, 5.41) is 11.2. The number of phenolic OH excluding ortho intramolecular Hbond substituents is 1. The number of hydrogen-bond acceptors (Lipinski definition) is 3. The van der Waals surface area contributed by atoms with Crippen molar-refractivity contribution in [2.75, 3.05) is 0 Å². The average Bonchev–Trinajstić information content (AvgIpc) is 2.38. The van der Waals surface area contributed by atoms with E-state index in [9.17, 15) is 9.90 Å². The molecule has 1 aromatic heterocycles. The van der Waals surface area contributed by atoms with Gasteiger partial charge in [-0.3, -0.25) is 4.79 Å². The van der Waals surface area contributed by atoms with Crippen LogP contribution in [0, 0.1) is 13.8 Å². The van der Waals surface area contributed by atoms with Gasteiger partial charge in [-0.15, -0.1) is 23.7 Å². The molecule has 0 aliphatic carbocycles. The Morgan fingerprint density at radius 2 is 1.74 bits per heavy atom. The lowest BCUT2D eigenvalue weighted by atomic mass is 10.1. The SMILES string of the molecule is Cc1c(O)cc2c(=O)c3ccccc3sc2c1C.Cl. The highest BCUT2D eigenvalue weighted by Crippen LogP contribution is 2.32. The minimum Gasteiger partial charge on any atom is -0.508 e. The summed E-state index contributed by atoms with van der Waals surface area (Å²) in [5.74, 6) is 0.194. The Morgan fingerprint density at radius 1 is 1.05 bits per heavy atom. The third kappa shape index (κ3) is 1.99. The van der Waals surface area contributed by atoms with E-state index in [-0.39, 0.29) is 23.6 Å². The first-order chi connectivity index (χ1) is 8.59. The first-order valence-electron chi connectivity index (χ1n) is 5.74. The van der Waals surface area contributed by atoms with Gasteiger partial charge in [-0.2, -0.15) is 0 Å². The number of fused-ring (bicyclic) bond motifs is 2. The normalized spacial score (nSPS) is 10.6. The highest BCUT2D eigenvalue weighted by Gasteiger charge is 2.11.